The van der Waals surface area contributed by atoms with Crippen molar-refractivity contribution in [1.82, 2.24) is 40.4 Å². The number of nitrogens with zero attached hydrogens (tertiary/aromatic N) is 5. The van der Waals surface area contributed by atoms with Crippen LogP contribution in [0.4, 0.5) is 10.1 Å². The number of imidazole rings is 1. The lowest BCUT2D eigenvalue weighted by atomic mass is 9.94. The smallest absolute Gasteiger partial charge is 0.224 e. The quantitative estimate of drug-likeness (QED) is 0.193. The Bertz CT molecular complexity index is 1920. The van der Waals surface area contributed by atoms with E-state index in [-0.39, 0.29) is 11.7 Å². The summed E-state index contributed by atoms with van der Waals surface area (Å²) in [6.07, 6.45) is 9.17. The second-order valence-corrected chi connectivity index (χ2v) is 10.4. The van der Waals surface area contributed by atoms with Gasteiger partial charge in [-0.1, -0.05) is 0 Å². The van der Waals surface area contributed by atoms with E-state index in [0.29, 0.717) is 57.5 Å². The van der Waals surface area contributed by atoms with E-state index in [1.807, 2.05) is 12.1 Å². The van der Waals surface area contributed by atoms with Gasteiger partial charge in [-0.2, -0.15) is 5.10 Å². The Hall–Kier alpha value is -5.23. The largest absolute Gasteiger partial charge is 0.508 e. The molecule has 1 saturated heterocycles. The maximum Gasteiger partial charge on any atom is 0.224 e. The summed E-state index contributed by atoms with van der Waals surface area (Å²) < 4.78 is 14.0. The predicted molar refractivity (Wildman–Crippen MR) is 156 cm³/mol. The second-order valence-electron chi connectivity index (χ2n) is 10.4. The van der Waals surface area contributed by atoms with Crippen molar-refractivity contribution in [3.63, 3.8) is 0 Å². The van der Waals surface area contributed by atoms with Crippen LogP contribution in [0.15, 0.2) is 61.2 Å². The first-order chi connectivity index (χ1) is 20.5. The fraction of sp³-hybridized carbons (Fsp3) is 0.200. The minimum atomic E-state index is -0.573. The molecule has 210 valence electrons. The fourth-order valence-corrected chi connectivity index (χ4v) is 5.44. The zero-order chi connectivity index (χ0) is 28.6. The fourth-order valence-electron chi connectivity index (χ4n) is 5.44. The molecule has 1 fully saturated rings. The van der Waals surface area contributed by atoms with E-state index in [1.165, 1.54) is 12.1 Å². The summed E-state index contributed by atoms with van der Waals surface area (Å²) in [6.45, 7) is 1.90. The first-order valence-corrected chi connectivity index (χ1v) is 13.7. The molecule has 6 heterocycles. The van der Waals surface area contributed by atoms with E-state index in [2.05, 4.69) is 40.8 Å². The van der Waals surface area contributed by atoms with E-state index in [1.54, 1.807) is 30.9 Å². The molecule has 0 unspecified atom stereocenters. The molecule has 6 aromatic rings. The summed E-state index contributed by atoms with van der Waals surface area (Å²) in [6, 6.07) is 9.36. The Morgan fingerprint density at radius 2 is 1.86 bits per heavy atom. The molecule has 0 atom stereocenters. The van der Waals surface area contributed by atoms with Gasteiger partial charge in [0.25, 0.3) is 0 Å². The number of halogens is 1. The highest BCUT2D eigenvalue weighted by Crippen LogP contribution is 2.33. The maximum atomic E-state index is 14.0. The van der Waals surface area contributed by atoms with Crippen molar-refractivity contribution in [1.29, 1.82) is 0 Å². The van der Waals surface area contributed by atoms with Gasteiger partial charge in [-0.25, -0.2) is 14.4 Å². The number of H-pyrrole nitrogens is 2. The number of carbonyl (C=O) groups excluding carboxylic acids is 1. The highest BCUT2D eigenvalue weighted by molar-refractivity contribution is 5.96. The highest BCUT2D eigenvalue weighted by atomic mass is 19.1. The molecule has 1 amide bonds. The number of hydrogen-bond acceptors (Lipinski definition) is 8. The van der Waals surface area contributed by atoms with Crippen molar-refractivity contribution in [3.8, 4) is 39.7 Å². The van der Waals surface area contributed by atoms with Crippen molar-refractivity contribution in [3.05, 3.63) is 67.0 Å². The van der Waals surface area contributed by atoms with Crippen LogP contribution in [0.1, 0.15) is 19.3 Å². The van der Waals surface area contributed by atoms with Crippen molar-refractivity contribution < 1.29 is 14.3 Å². The number of pyridine rings is 3. The van der Waals surface area contributed by atoms with Crippen LogP contribution in [0, 0.1) is 11.7 Å². The molecule has 5 N–H and O–H groups in total. The third-order valence-electron chi connectivity index (χ3n) is 7.49. The Morgan fingerprint density at radius 1 is 1.00 bits per heavy atom. The molecule has 1 aliphatic rings. The molecular weight excluding hydrogens is 537 g/mol. The molecule has 0 aliphatic carbocycles. The van der Waals surface area contributed by atoms with Gasteiger partial charge in [0.2, 0.25) is 5.91 Å². The molecule has 0 saturated carbocycles. The van der Waals surface area contributed by atoms with Crippen molar-refractivity contribution in [2.75, 3.05) is 18.4 Å². The molecule has 12 heteroatoms. The Morgan fingerprint density at radius 3 is 2.71 bits per heavy atom. The number of aromatic hydroxyl groups is 1. The number of aromatic nitrogens is 7. The van der Waals surface area contributed by atoms with Crippen molar-refractivity contribution in [2.24, 2.45) is 5.92 Å². The van der Waals surface area contributed by atoms with E-state index in [0.717, 1.165) is 48.5 Å². The average Bonchev–Trinajstić information content (AvgIpc) is 3.61. The van der Waals surface area contributed by atoms with Crippen LogP contribution in [0.3, 0.4) is 0 Å². The number of amides is 1. The minimum absolute atomic E-state index is 0.0150. The molecule has 11 nitrogen and oxygen atoms in total. The second kappa shape index (κ2) is 10.6. The van der Waals surface area contributed by atoms with E-state index < -0.39 is 5.82 Å². The third-order valence-corrected chi connectivity index (χ3v) is 7.49. The minimum Gasteiger partial charge on any atom is -0.508 e. The lowest BCUT2D eigenvalue weighted by molar-refractivity contribution is -0.117. The van der Waals surface area contributed by atoms with Crippen molar-refractivity contribution >= 4 is 33.7 Å². The predicted octanol–water partition coefficient (Wildman–Crippen LogP) is 4.80. The van der Waals surface area contributed by atoms with Gasteiger partial charge in [-0.05, 0) is 62.2 Å². The van der Waals surface area contributed by atoms with E-state index in [9.17, 15) is 14.3 Å². The van der Waals surface area contributed by atoms with Crippen LogP contribution in [0.25, 0.3) is 56.0 Å². The monoisotopic (exact) mass is 563 g/mol. The number of fused-ring (bicyclic) bond motifs is 2. The van der Waals surface area contributed by atoms with Gasteiger partial charge in [-0.3, -0.25) is 19.9 Å². The molecule has 0 radical (unpaired) electrons. The lowest BCUT2D eigenvalue weighted by Gasteiger charge is -2.21. The molecule has 0 spiro atoms. The molecular formula is C30H26FN9O2. The Labute approximate surface area is 238 Å². The normalized spacial score (nSPS) is 14.0. The van der Waals surface area contributed by atoms with Crippen LogP contribution in [-0.2, 0) is 4.79 Å². The van der Waals surface area contributed by atoms with Crippen molar-refractivity contribution in [2.45, 2.75) is 19.3 Å². The first-order valence-electron chi connectivity index (χ1n) is 13.7. The van der Waals surface area contributed by atoms with Crippen LogP contribution in [0.2, 0.25) is 0 Å². The van der Waals surface area contributed by atoms with Crippen LogP contribution in [-0.4, -0.2) is 59.2 Å². The lowest BCUT2D eigenvalue weighted by Crippen LogP contribution is -2.30. The molecule has 5 aromatic heterocycles. The summed E-state index contributed by atoms with van der Waals surface area (Å²) >= 11 is 0. The Balaban J connectivity index is 1.20. The number of anilines is 1. The van der Waals surface area contributed by atoms with Gasteiger partial charge < -0.3 is 20.7 Å². The summed E-state index contributed by atoms with van der Waals surface area (Å²) in [5, 5.41) is 24.4. The summed E-state index contributed by atoms with van der Waals surface area (Å²) in [4.78, 5) is 34.0. The van der Waals surface area contributed by atoms with Crippen LogP contribution < -0.4 is 10.6 Å². The first kappa shape index (κ1) is 25.7. The van der Waals surface area contributed by atoms with Crippen LogP contribution in [0.5, 0.6) is 5.75 Å². The number of rotatable bonds is 6. The van der Waals surface area contributed by atoms with E-state index >= 15 is 0 Å². The molecule has 0 bridgehead atoms. The van der Waals surface area contributed by atoms with Gasteiger partial charge >= 0.3 is 0 Å². The molecule has 7 rings (SSSR count). The van der Waals surface area contributed by atoms with Gasteiger partial charge in [0.1, 0.15) is 22.8 Å². The standard InChI is InChI=1S/C30H26FN9O2/c31-20-8-17(10-22(41)12-20)26-28-24(3-6-34-26)37-30(38-28)27-23-11-19(14-35-29(23)40-39-27)18-9-21(15-33-13-18)36-25(42)7-16-1-4-32-5-2-16/h3,6,8-16,32,41H,1-2,4-5,7H2,(H,36,42)(H,37,38)(H,35,39,40). The summed E-state index contributed by atoms with van der Waals surface area (Å²) in [7, 11) is 0. The number of benzene rings is 1. The zero-order valence-electron chi connectivity index (χ0n) is 22.4. The zero-order valence-corrected chi connectivity index (χ0v) is 22.4. The number of phenolic OH excluding ortho intramolecular Hbond substituents is 1. The third kappa shape index (κ3) is 5.03. The summed E-state index contributed by atoms with van der Waals surface area (Å²) in [5.74, 6) is 0.0771. The number of carbonyl (C=O) groups is 1. The maximum absolute atomic E-state index is 14.0. The SMILES string of the molecule is O=C(CC1CCNCC1)Nc1cncc(-c2cnc3[nH]nc(-c4nc5c(-c6cc(O)cc(F)c6)nccc5[nH]4)c3c2)c1. The molecule has 42 heavy (non-hydrogen) atoms. The number of aromatic amines is 2. The molecule has 1 aromatic carbocycles. The number of nitrogens with one attached hydrogen (secondary N) is 4. The Kier molecular flexibility index (Phi) is 6.51. The number of piperidine rings is 1. The summed E-state index contributed by atoms with van der Waals surface area (Å²) in [5.41, 5.74) is 5.34. The highest BCUT2D eigenvalue weighted by Gasteiger charge is 2.19. The average molecular weight is 564 g/mol. The topological polar surface area (TPSA) is 157 Å². The number of hydrogen-bond donors (Lipinski definition) is 5. The van der Waals surface area contributed by atoms with E-state index in [4.69, 9.17) is 4.98 Å². The van der Waals surface area contributed by atoms with Gasteiger partial charge in [-0.15, -0.1) is 0 Å². The van der Waals surface area contributed by atoms with Gasteiger partial charge in [0, 0.05) is 47.8 Å². The molecule has 1 aliphatic heterocycles. The van der Waals surface area contributed by atoms with Crippen LogP contribution >= 0.6 is 0 Å². The number of phenols is 1. The van der Waals surface area contributed by atoms with Gasteiger partial charge in [0.05, 0.1) is 28.5 Å². The van der Waals surface area contributed by atoms with Gasteiger partial charge in [0.15, 0.2) is 11.5 Å².